The van der Waals surface area contributed by atoms with Crippen LogP contribution in [0.25, 0.3) is 0 Å². The van der Waals surface area contributed by atoms with Crippen molar-refractivity contribution in [3.8, 4) is 0 Å². The molecular formula is C12H11ClN2O6. The highest BCUT2D eigenvalue weighted by atomic mass is 35.5. The van der Waals surface area contributed by atoms with Gasteiger partial charge in [-0.2, -0.15) is 0 Å². The molecule has 0 saturated carbocycles. The van der Waals surface area contributed by atoms with E-state index in [0.717, 1.165) is 17.0 Å². The first-order chi connectivity index (χ1) is 9.81. The molecule has 2 rings (SSSR count). The summed E-state index contributed by atoms with van der Waals surface area (Å²) in [5.41, 5.74) is -0.761. The fourth-order valence-corrected chi connectivity index (χ4v) is 2.44. The standard InChI is InChI=1S/C12H11ClN2O6/c13-6-1-2-9(15(20)21)8(3-6)11(17)14-5-7(16)4-10(14)12(18)19/h1-3,7,10,16H,4-5H2,(H,18,19)/t7-,10-/m1/s1. The molecule has 1 aliphatic heterocycles. The molecule has 2 atom stereocenters. The third kappa shape index (κ3) is 2.96. The lowest BCUT2D eigenvalue weighted by Gasteiger charge is -2.21. The van der Waals surface area contributed by atoms with Crippen LogP contribution < -0.4 is 0 Å². The quantitative estimate of drug-likeness (QED) is 0.631. The molecule has 1 saturated heterocycles. The van der Waals surface area contributed by atoms with Crippen molar-refractivity contribution < 1.29 is 24.7 Å². The second-order valence-corrected chi connectivity index (χ2v) is 5.06. The molecule has 1 heterocycles. The number of carbonyl (C=O) groups excluding carboxylic acids is 1. The molecule has 2 N–H and O–H groups in total. The second kappa shape index (κ2) is 5.66. The van der Waals surface area contributed by atoms with Crippen molar-refractivity contribution >= 4 is 29.2 Å². The van der Waals surface area contributed by atoms with E-state index in [1.807, 2.05) is 0 Å². The maximum Gasteiger partial charge on any atom is 0.326 e. The van der Waals surface area contributed by atoms with Crippen molar-refractivity contribution in [2.45, 2.75) is 18.6 Å². The molecule has 112 valence electrons. The van der Waals surface area contributed by atoms with Gasteiger partial charge in [0.1, 0.15) is 11.6 Å². The van der Waals surface area contributed by atoms with Crippen LogP contribution in [0, 0.1) is 10.1 Å². The molecule has 1 aromatic rings. The Morgan fingerprint density at radius 3 is 2.67 bits per heavy atom. The zero-order valence-electron chi connectivity index (χ0n) is 10.6. The lowest BCUT2D eigenvalue weighted by atomic mass is 10.1. The van der Waals surface area contributed by atoms with E-state index in [1.165, 1.54) is 6.07 Å². The van der Waals surface area contributed by atoms with E-state index in [4.69, 9.17) is 16.7 Å². The largest absolute Gasteiger partial charge is 0.480 e. The SMILES string of the molecule is O=C(O)[C@H]1C[C@@H](O)CN1C(=O)c1cc(Cl)ccc1[N+](=O)[O-]. The molecule has 21 heavy (non-hydrogen) atoms. The van der Waals surface area contributed by atoms with E-state index in [-0.39, 0.29) is 23.6 Å². The minimum absolute atomic E-state index is 0.116. The average molecular weight is 315 g/mol. The normalized spacial score (nSPS) is 21.3. The Morgan fingerprint density at radius 2 is 2.10 bits per heavy atom. The predicted molar refractivity (Wildman–Crippen MR) is 71.2 cm³/mol. The first-order valence-electron chi connectivity index (χ1n) is 5.97. The number of aliphatic carboxylic acids is 1. The number of carboxylic acid groups (broad SMARTS) is 1. The number of benzene rings is 1. The van der Waals surface area contributed by atoms with Gasteiger partial charge in [-0.05, 0) is 12.1 Å². The monoisotopic (exact) mass is 314 g/mol. The number of hydrogen-bond acceptors (Lipinski definition) is 5. The van der Waals surface area contributed by atoms with Gasteiger partial charge in [-0.15, -0.1) is 0 Å². The highest BCUT2D eigenvalue weighted by Crippen LogP contribution is 2.27. The lowest BCUT2D eigenvalue weighted by molar-refractivity contribution is -0.385. The third-order valence-corrected chi connectivity index (χ3v) is 3.45. The molecule has 1 amide bonds. The first-order valence-corrected chi connectivity index (χ1v) is 6.35. The van der Waals surface area contributed by atoms with E-state index >= 15 is 0 Å². The van der Waals surface area contributed by atoms with E-state index in [9.17, 15) is 24.8 Å². The summed E-state index contributed by atoms with van der Waals surface area (Å²) in [6.45, 7) is -0.195. The van der Waals surface area contributed by atoms with Crippen molar-refractivity contribution in [3.05, 3.63) is 38.9 Å². The third-order valence-electron chi connectivity index (χ3n) is 3.21. The van der Waals surface area contributed by atoms with Crippen LogP contribution in [0.2, 0.25) is 5.02 Å². The van der Waals surface area contributed by atoms with Crippen LogP contribution in [-0.2, 0) is 4.79 Å². The Kier molecular flexibility index (Phi) is 4.10. The van der Waals surface area contributed by atoms with Gasteiger partial charge < -0.3 is 15.1 Å². The number of hydrogen-bond donors (Lipinski definition) is 2. The van der Waals surface area contributed by atoms with Crippen LogP contribution in [0.5, 0.6) is 0 Å². The number of likely N-dealkylation sites (tertiary alicyclic amines) is 1. The lowest BCUT2D eigenvalue weighted by Crippen LogP contribution is -2.40. The number of nitro benzene ring substituents is 1. The predicted octanol–water partition coefficient (Wildman–Crippen LogP) is 0.908. The van der Waals surface area contributed by atoms with Gasteiger partial charge in [0, 0.05) is 24.1 Å². The Morgan fingerprint density at radius 1 is 1.43 bits per heavy atom. The summed E-state index contributed by atoms with van der Waals surface area (Å²) in [5.74, 6) is -2.11. The van der Waals surface area contributed by atoms with Crippen molar-refractivity contribution in [2.75, 3.05) is 6.54 Å². The summed E-state index contributed by atoms with van der Waals surface area (Å²) in [7, 11) is 0. The van der Waals surface area contributed by atoms with Crippen LogP contribution in [0.3, 0.4) is 0 Å². The zero-order chi connectivity index (χ0) is 15.7. The fraction of sp³-hybridized carbons (Fsp3) is 0.333. The van der Waals surface area contributed by atoms with Gasteiger partial charge in [0.2, 0.25) is 0 Å². The van der Waals surface area contributed by atoms with Crippen molar-refractivity contribution in [2.24, 2.45) is 0 Å². The molecule has 9 heteroatoms. The number of aliphatic hydroxyl groups excluding tert-OH is 1. The Hall–Kier alpha value is -2.19. The highest BCUT2D eigenvalue weighted by molar-refractivity contribution is 6.31. The van der Waals surface area contributed by atoms with Crippen LogP contribution >= 0.6 is 11.6 Å². The number of rotatable bonds is 3. The molecule has 0 bridgehead atoms. The number of aliphatic hydroxyl groups is 1. The van der Waals surface area contributed by atoms with Crippen molar-refractivity contribution in [1.29, 1.82) is 0 Å². The minimum Gasteiger partial charge on any atom is -0.480 e. The Bertz CT molecular complexity index is 620. The van der Waals surface area contributed by atoms with Crippen LogP contribution in [0.1, 0.15) is 16.8 Å². The summed E-state index contributed by atoms with van der Waals surface area (Å²) >= 11 is 5.74. The Balaban J connectivity index is 2.42. The molecule has 1 aliphatic rings. The molecule has 0 aliphatic carbocycles. The topological polar surface area (TPSA) is 121 Å². The van der Waals surface area contributed by atoms with Gasteiger partial charge in [-0.1, -0.05) is 11.6 Å². The van der Waals surface area contributed by atoms with Gasteiger partial charge in [-0.3, -0.25) is 14.9 Å². The first kappa shape index (κ1) is 15.2. The molecule has 0 unspecified atom stereocenters. The molecule has 8 nitrogen and oxygen atoms in total. The average Bonchev–Trinajstić information content (AvgIpc) is 2.79. The number of carboxylic acids is 1. The zero-order valence-corrected chi connectivity index (χ0v) is 11.4. The number of nitro groups is 1. The van der Waals surface area contributed by atoms with E-state index in [1.54, 1.807) is 0 Å². The smallest absolute Gasteiger partial charge is 0.326 e. The summed E-state index contributed by atoms with van der Waals surface area (Å²) in [6, 6.07) is 2.25. The summed E-state index contributed by atoms with van der Waals surface area (Å²) in [5, 5.41) is 29.7. The van der Waals surface area contributed by atoms with Crippen molar-refractivity contribution in [1.82, 2.24) is 4.90 Å². The van der Waals surface area contributed by atoms with Gasteiger partial charge in [0.15, 0.2) is 0 Å². The van der Waals surface area contributed by atoms with Crippen LogP contribution in [0.4, 0.5) is 5.69 Å². The molecule has 1 fully saturated rings. The Labute approximate surface area is 123 Å². The van der Waals surface area contributed by atoms with E-state index in [2.05, 4.69) is 0 Å². The van der Waals surface area contributed by atoms with E-state index < -0.39 is 34.6 Å². The number of β-amino-alcohol motifs (C(OH)–C–C–N with tert-alkyl or cyclic N) is 1. The van der Waals surface area contributed by atoms with Gasteiger partial charge in [-0.25, -0.2) is 4.79 Å². The summed E-state index contributed by atoms with van der Waals surface area (Å²) in [6.07, 6.45) is -1.09. The molecule has 0 spiro atoms. The van der Waals surface area contributed by atoms with E-state index in [0.29, 0.717) is 0 Å². The van der Waals surface area contributed by atoms with Gasteiger partial charge in [0.05, 0.1) is 11.0 Å². The molecule has 0 radical (unpaired) electrons. The van der Waals surface area contributed by atoms with Gasteiger partial charge in [0.25, 0.3) is 11.6 Å². The van der Waals surface area contributed by atoms with Crippen LogP contribution in [0.15, 0.2) is 18.2 Å². The molecule has 1 aromatic carbocycles. The number of nitrogens with zero attached hydrogens (tertiary/aromatic N) is 2. The maximum absolute atomic E-state index is 12.4. The second-order valence-electron chi connectivity index (χ2n) is 4.62. The number of amides is 1. The maximum atomic E-state index is 12.4. The fourth-order valence-electron chi connectivity index (χ4n) is 2.27. The van der Waals surface area contributed by atoms with Gasteiger partial charge >= 0.3 is 5.97 Å². The van der Waals surface area contributed by atoms with Crippen LogP contribution in [-0.4, -0.2) is 50.6 Å². The summed E-state index contributed by atoms with van der Waals surface area (Å²) in [4.78, 5) is 34.6. The number of halogens is 1. The minimum atomic E-state index is -1.27. The highest BCUT2D eigenvalue weighted by Gasteiger charge is 2.40. The molecule has 0 aromatic heterocycles. The molecular weight excluding hydrogens is 304 g/mol. The number of carbonyl (C=O) groups is 2. The summed E-state index contributed by atoms with van der Waals surface area (Å²) < 4.78 is 0. The van der Waals surface area contributed by atoms with Crippen molar-refractivity contribution in [3.63, 3.8) is 0 Å².